The first-order valence-electron chi connectivity index (χ1n) is 2.48. The van der Waals surface area contributed by atoms with Crippen LogP contribution in [-0.4, -0.2) is 23.4 Å². The molecule has 1 fully saturated rings. The Labute approximate surface area is 43.1 Å². The van der Waals surface area contributed by atoms with E-state index in [-0.39, 0.29) is 18.3 Å². The van der Waals surface area contributed by atoms with Crippen LogP contribution in [0.15, 0.2) is 0 Å². The second-order valence-corrected chi connectivity index (χ2v) is 2.23. The van der Waals surface area contributed by atoms with Crippen molar-refractivity contribution in [2.45, 2.75) is 25.6 Å². The Morgan fingerprint density at radius 3 is 2.29 bits per heavy atom. The lowest BCUT2D eigenvalue weighted by atomic mass is 10.1. The first-order chi connectivity index (χ1) is 3.19. The fourth-order valence-corrected chi connectivity index (χ4v) is 0.536. The summed E-state index contributed by atoms with van der Waals surface area (Å²) in [6, 6.07) is 0. The van der Waals surface area contributed by atoms with Crippen molar-refractivity contribution >= 4 is 0 Å². The van der Waals surface area contributed by atoms with E-state index in [0.717, 1.165) is 0 Å². The lowest BCUT2D eigenvalue weighted by Crippen LogP contribution is -2.12. The summed E-state index contributed by atoms with van der Waals surface area (Å²) >= 11 is 0. The molecule has 1 heterocycles. The number of aliphatic hydroxyl groups is 1. The number of aliphatic hydroxyl groups excluding tert-OH is 1. The van der Waals surface area contributed by atoms with E-state index < -0.39 is 0 Å². The molecule has 0 amide bonds. The molecule has 1 aliphatic rings. The van der Waals surface area contributed by atoms with Gasteiger partial charge in [0.1, 0.15) is 5.60 Å². The Morgan fingerprint density at radius 2 is 2.29 bits per heavy atom. The summed E-state index contributed by atoms with van der Waals surface area (Å²) in [7, 11) is 0. The molecule has 0 spiro atoms. The van der Waals surface area contributed by atoms with Crippen LogP contribution in [0.2, 0.25) is 0 Å². The van der Waals surface area contributed by atoms with Crippen molar-refractivity contribution in [3.05, 3.63) is 0 Å². The molecule has 0 aromatic heterocycles. The quantitative estimate of drug-likeness (QED) is 0.478. The van der Waals surface area contributed by atoms with Crippen molar-refractivity contribution < 1.29 is 9.84 Å². The predicted molar refractivity (Wildman–Crippen MR) is 26.0 cm³/mol. The highest BCUT2D eigenvalue weighted by Gasteiger charge is 2.48. The molecule has 2 heteroatoms. The van der Waals surface area contributed by atoms with Crippen molar-refractivity contribution in [3.63, 3.8) is 0 Å². The smallest absolute Gasteiger partial charge is 0.115 e. The van der Waals surface area contributed by atoms with Gasteiger partial charge in [-0.25, -0.2) is 0 Å². The highest BCUT2D eigenvalue weighted by Crippen LogP contribution is 2.34. The number of ether oxygens (including phenoxy) is 1. The van der Waals surface area contributed by atoms with Crippen LogP contribution in [0.1, 0.15) is 13.8 Å². The maximum absolute atomic E-state index is 8.51. The molecular weight excluding hydrogens is 92.1 g/mol. The van der Waals surface area contributed by atoms with Gasteiger partial charge in [0.15, 0.2) is 0 Å². The lowest BCUT2D eigenvalue weighted by Gasteiger charge is -1.93. The molecule has 7 heavy (non-hydrogen) atoms. The lowest BCUT2D eigenvalue weighted by molar-refractivity contribution is 0.184. The first kappa shape index (κ1) is 5.06. The van der Waals surface area contributed by atoms with Crippen LogP contribution in [0.5, 0.6) is 0 Å². The molecular formula is C5H10O2. The Hall–Kier alpha value is -0.0800. The Bertz CT molecular complexity index is 78.1. The van der Waals surface area contributed by atoms with Gasteiger partial charge in [0.05, 0.1) is 12.7 Å². The minimum absolute atomic E-state index is 0.147. The third-order valence-electron chi connectivity index (χ3n) is 1.56. The van der Waals surface area contributed by atoms with Crippen LogP contribution in [0.3, 0.4) is 0 Å². The van der Waals surface area contributed by atoms with Crippen molar-refractivity contribution in [1.29, 1.82) is 0 Å². The molecule has 0 aromatic rings. The Morgan fingerprint density at radius 1 is 1.86 bits per heavy atom. The van der Waals surface area contributed by atoms with Crippen LogP contribution in [0.4, 0.5) is 0 Å². The zero-order valence-electron chi connectivity index (χ0n) is 4.64. The molecule has 0 radical (unpaired) electrons. The number of rotatable bonds is 1. The highest BCUT2D eigenvalue weighted by molar-refractivity contribution is 4.94. The van der Waals surface area contributed by atoms with Crippen molar-refractivity contribution in [3.8, 4) is 0 Å². The zero-order chi connectivity index (χ0) is 5.49. The second-order valence-electron chi connectivity index (χ2n) is 2.23. The third-order valence-corrected chi connectivity index (χ3v) is 1.56. The van der Waals surface area contributed by atoms with Crippen molar-refractivity contribution in [1.82, 2.24) is 0 Å². The minimum Gasteiger partial charge on any atom is -0.393 e. The van der Waals surface area contributed by atoms with Gasteiger partial charge >= 0.3 is 0 Å². The van der Waals surface area contributed by atoms with E-state index in [0.29, 0.717) is 0 Å². The van der Waals surface area contributed by atoms with E-state index in [1.54, 1.807) is 0 Å². The molecule has 42 valence electrons. The van der Waals surface area contributed by atoms with Gasteiger partial charge in [-0.3, -0.25) is 0 Å². The maximum atomic E-state index is 8.51. The van der Waals surface area contributed by atoms with Gasteiger partial charge in [-0.2, -0.15) is 0 Å². The van der Waals surface area contributed by atoms with Gasteiger partial charge in [0.25, 0.3) is 0 Å². The molecule has 0 bridgehead atoms. The largest absolute Gasteiger partial charge is 0.393 e. The number of hydrogen-bond donors (Lipinski definition) is 1. The first-order valence-corrected chi connectivity index (χ1v) is 2.48. The summed E-state index contributed by atoms with van der Waals surface area (Å²) in [4.78, 5) is 0. The summed E-state index contributed by atoms with van der Waals surface area (Å²) in [6.07, 6.45) is 0.262. The van der Waals surface area contributed by atoms with E-state index in [2.05, 4.69) is 0 Å². The van der Waals surface area contributed by atoms with Gasteiger partial charge in [-0.05, 0) is 13.8 Å². The fraction of sp³-hybridized carbons (Fsp3) is 1.00. The van der Waals surface area contributed by atoms with E-state index >= 15 is 0 Å². The van der Waals surface area contributed by atoms with Gasteiger partial charge in [-0.15, -0.1) is 0 Å². The van der Waals surface area contributed by atoms with Crippen LogP contribution in [0, 0.1) is 0 Å². The minimum atomic E-state index is -0.194. The van der Waals surface area contributed by atoms with Crippen LogP contribution >= 0.6 is 0 Å². The number of epoxide rings is 1. The third kappa shape index (κ3) is 0.640. The van der Waals surface area contributed by atoms with Crippen LogP contribution < -0.4 is 0 Å². The normalized spacial score (nSPS) is 49.3. The van der Waals surface area contributed by atoms with Gasteiger partial charge < -0.3 is 9.84 Å². The molecule has 1 aliphatic heterocycles. The SMILES string of the molecule is C[C@H]1O[C@]1(C)CO. The fourth-order valence-electron chi connectivity index (χ4n) is 0.536. The second kappa shape index (κ2) is 1.20. The van der Waals surface area contributed by atoms with E-state index in [1.807, 2.05) is 13.8 Å². The summed E-state index contributed by atoms with van der Waals surface area (Å²) in [6.45, 7) is 4.00. The number of hydrogen-bond acceptors (Lipinski definition) is 2. The molecule has 0 aliphatic carbocycles. The van der Waals surface area contributed by atoms with Crippen LogP contribution in [-0.2, 0) is 4.74 Å². The predicted octanol–water partition coefficient (Wildman–Crippen LogP) is 0.156. The summed E-state index contributed by atoms with van der Waals surface area (Å²) in [5.74, 6) is 0. The maximum Gasteiger partial charge on any atom is 0.115 e. The van der Waals surface area contributed by atoms with Gasteiger partial charge in [0.2, 0.25) is 0 Å². The summed E-state index contributed by atoms with van der Waals surface area (Å²) in [5.41, 5.74) is -0.194. The van der Waals surface area contributed by atoms with E-state index in [1.165, 1.54) is 0 Å². The van der Waals surface area contributed by atoms with Crippen molar-refractivity contribution in [2.75, 3.05) is 6.61 Å². The average Bonchev–Trinajstić information content (AvgIpc) is 2.18. The molecule has 2 nitrogen and oxygen atoms in total. The van der Waals surface area contributed by atoms with Crippen LogP contribution in [0.25, 0.3) is 0 Å². The van der Waals surface area contributed by atoms with Crippen molar-refractivity contribution in [2.24, 2.45) is 0 Å². The highest BCUT2D eigenvalue weighted by atomic mass is 16.6. The summed E-state index contributed by atoms with van der Waals surface area (Å²) in [5, 5.41) is 8.51. The van der Waals surface area contributed by atoms with Gasteiger partial charge in [-0.1, -0.05) is 0 Å². The van der Waals surface area contributed by atoms with Gasteiger partial charge in [0, 0.05) is 0 Å². The Balaban J connectivity index is 2.36. The molecule has 0 saturated carbocycles. The topological polar surface area (TPSA) is 32.8 Å². The molecule has 1 saturated heterocycles. The standard InChI is InChI=1S/C5H10O2/c1-4-5(2,3-6)7-4/h4,6H,3H2,1-2H3/t4-,5-/m1/s1. The molecule has 1 rings (SSSR count). The Kier molecular flexibility index (Phi) is 0.869. The molecule has 2 atom stereocenters. The monoisotopic (exact) mass is 102 g/mol. The zero-order valence-corrected chi connectivity index (χ0v) is 4.64. The van der Waals surface area contributed by atoms with E-state index in [9.17, 15) is 0 Å². The summed E-state index contributed by atoms with van der Waals surface area (Å²) < 4.78 is 5.00. The molecule has 1 N–H and O–H groups in total. The molecule has 0 unspecified atom stereocenters. The average molecular weight is 102 g/mol. The molecule has 0 aromatic carbocycles. The van der Waals surface area contributed by atoms with E-state index in [4.69, 9.17) is 9.84 Å².